The smallest absolute Gasteiger partial charge is 0.416 e. The third kappa shape index (κ3) is 3.02. The summed E-state index contributed by atoms with van der Waals surface area (Å²) in [5.41, 5.74) is 0.611. The minimum Gasteiger partial charge on any atom is -0.491 e. The minimum absolute atomic E-state index is 0.0706. The van der Waals surface area contributed by atoms with Crippen molar-refractivity contribution in [2.75, 3.05) is 5.32 Å². The molecule has 0 bridgehead atoms. The van der Waals surface area contributed by atoms with Crippen molar-refractivity contribution in [1.29, 1.82) is 0 Å². The van der Waals surface area contributed by atoms with Gasteiger partial charge in [-0.3, -0.25) is 0 Å². The fraction of sp³-hybridized carbons (Fsp3) is 0.250. The molecular formula is C16H14F3NOS. The summed E-state index contributed by atoms with van der Waals surface area (Å²) in [6.45, 7) is 3.89. The van der Waals surface area contributed by atoms with Gasteiger partial charge >= 0.3 is 6.18 Å². The average Bonchev–Trinajstić information content (AvgIpc) is 2.42. The van der Waals surface area contributed by atoms with E-state index in [4.69, 9.17) is 4.74 Å². The predicted octanol–water partition coefficient (Wildman–Crippen LogP) is 5.70. The van der Waals surface area contributed by atoms with Gasteiger partial charge in [0.15, 0.2) is 0 Å². The second kappa shape index (κ2) is 5.43. The Labute approximate surface area is 130 Å². The second-order valence-electron chi connectivity index (χ2n) is 5.26. The van der Waals surface area contributed by atoms with Gasteiger partial charge in [0.25, 0.3) is 0 Å². The standard InChI is InChI=1S/C16H14F3NOS/c1-9(2)21-11-4-5-12-15(8-11)22-14-6-3-10(16(17,18)19)7-13(14)20-12/h3-9,20H,1-2H3. The maximum atomic E-state index is 12.8. The summed E-state index contributed by atoms with van der Waals surface area (Å²) in [5, 5.41) is 3.06. The summed E-state index contributed by atoms with van der Waals surface area (Å²) in [7, 11) is 0. The molecule has 0 saturated heterocycles. The van der Waals surface area contributed by atoms with Gasteiger partial charge in [0.2, 0.25) is 0 Å². The molecule has 2 nitrogen and oxygen atoms in total. The van der Waals surface area contributed by atoms with E-state index >= 15 is 0 Å². The van der Waals surface area contributed by atoms with Crippen LogP contribution in [0.3, 0.4) is 0 Å². The third-order valence-electron chi connectivity index (χ3n) is 3.12. The molecule has 1 heterocycles. The maximum Gasteiger partial charge on any atom is 0.416 e. The summed E-state index contributed by atoms with van der Waals surface area (Å²) in [4.78, 5) is 1.70. The molecule has 6 heteroatoms. The van der Waals surface area contributed by atoms with Gasteiger partial charge < -0.3 is 10.1 Å². The summed E-state index contributed by atoms with van der Waals surface area (Å²) >= 11 is 1.43. The molecule has 2 aromatic carbocycles. The van der Waals surface area contributed by atoms with E-state index < -0.39 is 11.7 Å². The molecule has 0 aromatic heterocycles. The van der Waals surface area contributed by atoms with Crippen LogP contribution in [0.25, 0.3) is 0 Å². The van der Waals surface area contributed by atoms with Gasteiger partial charge in [-0.15, -0.1) is 0 Å². The fourth-order valence-corrected chi connectivity index (χ4v) is 3.19. The Morgan fingerprint density at radius 1 is 1.00 bits per heavy atom. The Hall–Kier alpha value is -1.82. The lowest BCUT2D eigenvalue weighted by molar-refractivity contribution is -0.137. The van der Waals surface area contributed by atoms with Crippen LogP contribution in [0, 0.1) is 0 Å². The van der Waals surface area contributed by atoms with Gasteiger partial charge in [-0.25, -0.2) is 0 Å². The van der Waals surface area contributed by atoms with Crippen molar-refractivity contribution in [2.24, 2.45) is 0 Å². The van der Waals surface area contributed by atoms with Crippen LogP contribution in [-0.4, -0.2) is 6.10 Å². The lowest BCUT2D eigenvalue weighted by Crippen LogP contribution is -2.08. The Morgan fingerprint density at radius 3 is 2.45 bits per heavy atom. The number of benzene rings is 2. The van der Waals surface area contributed by atoms with Crippen LogP contribution in [0.5, 0.6) is 5.75 Å². The third-order valence-corrected chi connectivity index (χ3v) is 4.25. The lowest BCUT2D eigenvalue weighted by Gasteiger charge is -2.23. The molecule has 0 unspecified atom stereocenters. The molecule has 0 fully saturated rings. The van der Waals surface area contributed by atoms with Crippen LogP contribution in [-0.2, 0) is 6.18 Å². The number of hydrogen-bond donors (Lipinski definition) is 1. The van der Waals surface area contributed by atoms with Crippen LogP contribution in [0.1, 0.15) is 19.4 Å². The lowest BCUT2D eigenvalue weighted by atomic mass is 10.2. The number of ether oxygens (including phenoxy) is 1. The number of hydrogen-bond acceptors (Lipinski definition) is 3. The largest absolute Gasteiger partial charge is 0.491 e. The molecular weight excluding hydrogens is 311 g/mol. The Bertz CT molecular complexity index is 713. The molecule has 1 N–H and O–H groups in total. The summed E-state index contributed by atoms with van der Waals surface area (Å²) in [5.74, 6) is 0.749. The van der Waals surface area contributed by atoms with Gasteiger partial charge in [0.1, 0.15) is 5.75 Å². The monoisotopic (exact) mass is 325 g/mol. The van der Waals surface area contributed by atoms with Crippen molar-refractivity contribution in [3.8, 4) is 5.75 Å². The zero-order valence-electron chi connectivity index (χ0n) is 12.0. The fourth-order valence-electron chi connectivity index (χ4n) is 2.19. The molecule has 0 radical (unpaired) electrons. The zero-order chi connectivity index (χ0) is 15.9. The van der Waals surface area contributed by atoms with E-state index in [1.165, 1.54) is 17.8 Å². The second-order valence-corrected chi connectivity index (χ2v) is 6.34. The van der Waals surface area contributed by atoms with Crippen molar-refractivity contribution < 1.29 is 17.9 Å². The Morgan fingerprint density at radius 2 is 1.77 bits per heavy atom. The Balaban J connectivity index is 1.92. The van der Waals surface area contributed by atoms with Gasteiger partial charge in [-0.1, -0.05) is 11.8 Å². The summed E-state index contributed by atoms with van der Waals surface area (Å²) in [6.07, 6.45) is -4.27. The number of anilines is 2. The first-order chi connectivity index (χ1) is 10.3. The van der Waals surface area contributed by atoms with Crippen LogP contribution in [0.15, 0.2) is 46.2 Å². The molecule has 0 atom stereocenters. The van der Waals surface area contributed by atoms with Gasteiger partial charge in [0, 0.05) is 9.79 Å². The van der Waals surface area contributed by atoms with E-state index in [1.54, 1.807) is 0 Å². The first-order valence-electron chi connectivity index (χ1n) is 6.80. The van der Waals surface area contributed by atoms with E-state index in [-0.39, 0.29) is 6.10 Å². The number of nitrogens with one attached hydrogen (secondary N) is 1. The molecule has 3 rings (SSSR count). The summed E-state index contributed by atoms with van der Waals surface area (Å²) < 4.78 is 44.0. The molecule has 1 aliphatic heterocycles. The first kappa shape index (κ1) is 15.1. The predicted molar refractivity (Wildman–Crippen MR) is 81.1 cm³/mol. The van der Waals surface area contributed by atoms with Gasteiger partial charge in [-0.2, -0.15) is 13.2 Å². The SMILES string of the molecule is CC(C)Oc1ccc2c(c1)Sc1ccc(C(F)(F)F)cc1N2. The molecule has 0 aliphatic carbocycles. The molecule has 0 amide bonds. The molecule has 2 aromatic rings. The minimum atomic E-state index is -4.34. The van der Waals surface area contributed by atoms with E-state index in [2.05, 4.69) is 5.32 Å². The highest BCUT2D eigenvalue weighted by Gasteiger charge is 2.31. The highest BCUT2D eigenvalue weighted by molar-refractivity contribution is 7.99. The van der Waals surface area contributed by atoms with Crippen LogP contribution < -0.4 is 10.1 Å². The number of fused-ring (bicyclic) bond motifs is 2. The molecule has 0 saturated carbocycles. The molecule has 1 aliphatic rings. The van der Waals surface area contributed by atoms with Crippen LogP contribution in [0.2, 0.25) is 0 Å². The van der Waals surface area contributed by atoms with E-state index in [9.17, 15) is 13.2 Å². The maximum absolute atomic E-state index is 12.8. The van der Waals surface area contributed by atoms with E-state index in [1.807, 2.05) is 32.0 Å². The topological polar surface area (TPSA) is 21.3 Å². The number of halogens is 3. The van der Waals surface area contributed by atoms with Crippen molar-refractivity contribution >= 4 is 23.1 Å². The van der Waals surface area contributed by atoms with Crippen molar-refractivity contribution in [1.82, 2.24) is 0 Å². The van der Waals surface area contributed by atoms with Gasteiger partial charge in [0.05, 0.1) is 23.0 Å². The normalized spacial score (nSPS) is 13.4. The van der Waals surface area contributed by atoms with Crippen molar-refractivity contribution in [3.63, 3.8) is 0 Å². The summed E-state index contributed by atoms with van der Waals surface area (Å²) in [6, 6.07) is 9.27. The quantitative estimate of drug-likeness (QED) is 0.653. The highest BCUT2D eigenvalue weighted by atomic mass is 32.2. The van der Waals surface area contributed by atoms with Crippen molar-refractivity contribution in [3.05, 3.63) is 42.0 Å². The van der Waals surface area contributed by atoms with E-state index in [0.717, 1.165) is 33.4 Å². The van der Waals surface area contributed by atoms with E-state index in [0.29, 0.717) is 5.69 Å². The average molecular weight is 325 g/mol. The Kier molecular flexibility index (Phi) is 3.72. The molecule has 0 spiro atoms. The van der Waals surface area contributed by atoms with Crippen LogP contribution in [0.4, 0.5) is 24.5 Å². The zero-order valence-corrected chi connectivity index (χ0v) is 12.8. The highest BCUT2D eigenvalue weighted by Crippen LogP contribution is 2.46. The molecule has 22 heavy (non-hydrogen) atoms. The van der Waals surface area contributed by atoms with Crippen LogP contribution >= 0.6 is 11.8 Å². The van der Waals surface area contributed by atoms with Gasteiger partial charge in [-0.05, 0) is 50.2 Å². The van der Waals surface area contributed by atoms with Crippen molar-refractivity contribution in [2.45, 2.75) is 35.9 Å². The number of rotatable bonds is 2. The number of alkyl halides is 3. The molecule has 116 valence electrons. The first-order valence-corrected chi connectivity index (χ1v) is 7.61.